The molecular weight excluding hydrogens is 333 g/mol. The summed E-state index contributed by atoms with van der Waals surface area (Å²) in [6, 6.07) is 10.7. The topological polar surface area (TPSA) is 46.5 Å². The molecule has 0 saturated carbocycles. The molecular formula is C16H12ClF3O3. The largest absolute Gasteiger partial charge is 0.478 e. The molecule has 0 amide bonds. The molecule has 1 atom stereocenters. The normalized spacial score (nSPS) is 12.7. The first kappa shape index (κ1) is 17.1. The van der Waals surface area contributed by atoms with Gasteiger partial charge in [-0.1, -0.05) is 29.8 Å². The fourth-order valence-electron chi connectivity index (χ4n) is 2.03. The fraction of sp³-hybridized carbons (Fsp3) is 0.188. The summed E-state index contributed by atoms with van der Waals surface area (Å²) in [6.45, 7) is 0. The first-order valence-electron chi connectivity index (χ1n) is 6.57. The van der Waals surface area contributed by atoms with E-state index in [1.807, 2.05) is 0 Å². The lowest BCUT2D eigenvalue weighted by atomic mass is 10.0. The maximum atomic E-state index is 13.0. The molecule has 2 aromatic carbocycles. The molecule has 0 saturated heterocycles. The Morgan fingerprint density at radius 3 is 2.30 bits per heavy atom. The van der Waals surface area contributed by atoms with Crippen molar-refractivity contribution in [2.24, 2.45) is 0 Å². The Hall–Kier alpha value is -2.21. The first-order chi connectivity index (χ1) is 10.8. The molecule has 1 N–H and O–H groups in total. The predicted molar refractivity (Wildman–Crippen MR) is 78.7 cm³/mol. The standard InChI is InChI=1S/C16H12ClF3O3/c17-11-5-7-12(8-6-11)23-14(15(21)22)9-10-3-1-2-4-13(10)16(18,19)20/h1-8,14H,9H2,(H,21,22). The molecule has 3 nitrogen and oxygen atoms in total. The predicted octanol–water partition coefficient (Wildman–Crippen LogP) is 4.43. The quantitative estimate of drug-likeness (QED) is 0.872. The van der Waals surface area contributed by atoms with Crippen molar-refractivity contribution < 1.29 is 27.8 Å². The van der Waals surface area contributed by atoms with E-state index < -0.39 is 30.2 Å². The SMILES string of the molecule is O=C(O)C(Cc1ccccc1C(F)(F)F)Oc1ccc(Cl)cc1. The van der Waals surface area contributed by atoms with Gasteiger partial charge >= 0.3 is 12.1 Å². The number of carboxylic acid groups (broad SMARTS) is 1. The Morgan fingerprint density at radius 1 is 1.13 bits per heavy atom. The third kappa shape index (κ3) is 4.63. The van der Waals surface area contributed by atoms with E-state index in [1.165, 1.54) is 42.5 Å². The minimum absolute atomic E-state index is 0.138. The van der Waals surface area contributed by atoms with Crippen LogP contribution in [0.25, 0.3) is 0 Å². The Balaban J connectivity index is 2.24. The van der Waals surface area contributed by atoms with Gasteiger partial charge in [0.2, 0.25) is 0 Å². The van der Waals surface area contributed by atoms with Gasteiger partial charge in [0, 0.05) is 11.4 Å². The van der Waals surface area contributed by atoms with Crippen LogP contribution in [-0.2, 0) is 17.4 Å². The van der Waals surface area contributed by atoms with Crippen molar-refractivity contribution in [3.05, 3.63) is 64.7 Å². The molecule has 0 aliphatic rings. The number of aliphatic carboxylic acids is 1. The van der Waals surface area contributed by atoms with E-state index in [2.05, 4.69) is 0 Å². The summed E-state index contributed by atoms with van der Waals surface area (Å²) >= 11 is 5.71. The number of rotatable bonds is 5. The number of ether oxygens (including phenoxy) is 1. The van der Waals surface area contributed by atoms with E-state index in [1.54, 1.807) is 0 Å². The van der Waals surface area contributed by atoms with Gasteiger partial charge in [0.25, 0.3) is 0 Å². The van der Waals surface area contributed by atoms with Gasteiger partial charge in [-0.2, -0.15) is 13.2 Å². The van der Waals surface area contributed by atoms with Gasteiger partial charge in [0.1, 0.15) is 5.75 Å². The van der Waals surface area contributed by atoms with E-state index in [9.17, 15) is 23.1 Å². The van der Waals surface area contributed by atoms with Crippen LogP contribution in [0.5, 0.6) is 5.75 Å². The van der Waals surface area contributed by atoms with Crippen LogP contribution in [0.1, 0.15) is 11.1 Å². The molecule has 0 aliphatic carbocycles. The van der Waals surface area contributed by atoms with Crippen molar-refractivity contribution in [2.45, 2.75) is 18.7 Å². The van der Waals surface area contributed by atoms with Crippen LogP contribution in [0.15, 0.2) is 48.5 Å². The highest BCUT2D eigenvalue weighted by Gasteiger charge is 2.34. The summed E-state index contributed by atoms with van der Waals surface area (Å²) in [5.74, 6) is -1.14. The smallest absolute Gasteiger partial charge is 0.416 e. The summed E-state index contributed by atoms with van der Waals surface area (Å²) in [6.07, 6.45) is -6.41. The second-order valence-corrected chi connectivity index (χ2v) is 5.19. The zero-order valence-corrected chi connectivity index (χ0v) is 12.4. The number of hydrogen-bond donors (Lipinski definition) is 1. The average molecular weight is 345 g/mol. The molecule has 23 heavy (non-hydrogen) atoms. The molecule has 0 bridgehead atoms. The third-order valence-electron chi connectivity index (χ3n) is 3.10. The van der Waals surface area contributed by atoms with Crippen LogP contribution in [0.3, 0.4) is 0 Å². The van der Waals surface area contributed by atoms with Crippen molar-refractivity contribution >= 4 is 17.6 Å². The van der Waals surface area contributed by atoms with Gasteiger partial charge in [-0.05, 0) is 35.9 Å². The third-order valence-corrected chi connectivity index (χ3v) is 3.35. The first-order valence-corrected chi connectivity index (χ1v) is 6.95. The summed E-state index contributed by atoms with van der Waals surface area (Å²) < 4.78 is 44.2. The molecule has 2 rings (SSSR count). The van der Waals surface area contributed by atoms with Gasteiger partial charge < -0.3 is 9.84 Å². The van der Waals surface area contributed by atoms with Crippen LogP contribution in [0, 0.1) is 0 Å². The van der Waals surface area contributed by atoms with Crippen LogP contribution in [0.4, 0.5) is 13.2 Å². The molecule has 0 aromatic heterocycles. The Bertz CT molecular complexity index is 684. The van der Waals surface area contributed by atoms with E-state index in [-0.39, 0.29) is 11.3 Å². The van der Waals surface area contributed by atoms with Crippen molar-refractivity contribution in [1.29, 1.82) is 0 Å². The lowest BCUT2D eigenvalue weighted by molar-refractivity contribution is -0.146. The number of halogens is 4. The summed E-state index contributed by atoms with van der Waals surface area (Å²) in [5.41, 5.74) is -1.01. The minimum Gasteiger partial charge on any atom is -0.478 e. The number of carboxylic acids is 1. The highest BCUT2D eigenvalue weighted by atomic mass is 35.5. The minimum atomic E-state index is -4.56. The molecule has 7 heteroatoms. The van der Waals surface area contributed by atoms with Crippen LogP contribution < -0.4 is 4.74 Å². The van der Waals surface area contributed by atoms with Gasteiger partial charge in [-0.3, -0.25) is 0 Å². The highest BCUT2D eigenvalue weighted by Crippen LogP contribution is 2.32. The molecule has 0 radical (unpaired) electrons. The van der Waals surface area contributed by atoms with Gasteiger partial charge in [0.15, 0.2) is 6.10 Å². The maximum Gasteiger partial charge on any atom is 0.416 e. The van der Waals surface area contributed by atoms with Gasteiger partial charge in [-0.15, -0.1) is 0 Å². The highest BCUT2D eigenvalue weighted by molar-refractivity contribution is 6.30. The van der Waals surface area contributed by atoms with Crippen molar-refractivity contribution in [3.63, 3.8) is 0 Å². The fourth-order valence-corrected chi connectivity index (χ4v) is 2.16. The van der Waals surface area contributed by atoms with Crippen LogP contribution >= 0.6 is 11.6 Å². The summed E-state index contributed by atoms with van der Waals surface area (Å²) in [5, 5.41) is 9.65. The zero-order valence-electron chi connectivity index (χ0n) is 11.7. The molecule has 2 aromatic rings. The molecule has 1 unspecified atom stereocenters. The van der Waals surface area contributed by atoms with Crippen LogP contribution in [-0.4, -0.2) is 17.2 Å². The average Bonchev–Trinajstić information content (AvgIpc) is 2.48. The maximum absolute atomic E-state index is 13.0. The van der Waals surface area contributed by atoms with E-state index in [4.69, 9.17) is 16.3 Å². The lowest BCUT2D eigenvalue weighted by Crippen LogP contribution is -2.30. The monoisotopic (exact) mass is 344 g/mol. The lowest BCUT2D eigenvalue weighted by Gasteiger charge is -2.18. The molecule has 122 valence electrons. The second-order valence-electron chi connectivity index (χ2n) is 4.76. The van der Waals surface area contributed by atoms with E-state index in [0.29, 0.717) is 5.02 Å². The molecule has 0 fully saturated rings. The van der Waals surface area contributed by atoms with Crippen LogP contribution in [0.2, 0.25) is 5.02 Å². The molecule has 0 aliphatic heterocycles. The summed E-state index contributed by atoms with van der Waals surface area (Å²) in [7, 11) is 0. The van der Waals surface area contributed by atoms with E-state index >= 15 is 0 Å². The van der Waals surface area contributed by atoms with Gasteiger partial charge in [0.05, 0.1) is 5.56 Å². The Kier molecular flexibility index (Phi) is 5.15. The molecule has 0 spiro atoms. The van der Waals surface area contributed by atoms with Crippen molar-refractivity contribution in [1.82, 2.24) is 0 Å². The Morgan fingerprint density at radius 2 is 1.74 bits per heavy atom. The van der Waals surface area contributed by atoms with Crippen molar-refractivity contribution in [2.75, 3.05) is 0 Å². The van der Waals surface area contributed by atoms with Crippen molar-refractivity contribution in [3.8, 4) is 5.75 Å². The summed E-state index contributed by atoms with van der Waals surface area (Å²) in [4.78, 5) is 11.3. The molecule has 0 heterocycles. The number of alkyl halides is 3. The van der Waals surface area contributed by atoms with Gasteiger partial charge in [-0.25, -0.2) is 4.79 Å². The zero-order chi connectivity index (χ0) is 17.0. The second kappa shape index (κ2) is 6.91. The van der Waals surface area contributed by atoms with E-state index in [0.717, 1.165) is 6.07 Å². The Labute approximate surface area is 135 Å². The number of hydrogen-bond acceptors (Lipinski definition) is 2. The number of carbonyl (C=O) groups is 1. The number of benzene rings is 2.